The molecule has 1 aromatic carbocycles. The maximum atomic E-state index is 12.3. The molecule has 0 spiro atoms. The number of benzene rings is 1. The van der Waals surface area contributed by atoms with Gasteiger partial charge in [-0.05, 0) is 25.1 Å². The lowest BCUT2D eigenvalue weighted by atomic mass is 10.1. The zero-order chi connectivity index (χ0) is 13.4. The van der Waals surface area contributed by atoms with Crippen LogP contribution >= 0.6 is 0 Å². The summed E-state index contributed by atoms with van der Waals surface area (Å²) in [6, 6.07) is 7.53. The summed E-state index contributed by atoms with van der Waals surface area (Å²) in [7, 11) is 1.83. The molecule has 0 aliphatic carbocycles. The van der Waals surface area contributed by atoms with Crippen LogP contribution in [0.25, 0.3) is 10.9 Å². The third-order valence-electron chi connectivity index (χ3n) is 3.10. The largest absolute Gasteiger partial charge is 0.361 e. The van der Waals surface area contributed by atoms with Gasteiger partial charge in [-0.15, -0.1) is 0 Å². The van der Waals surface area contributed by atoms with E-state index in [2.05, 4.69) is 15.4 Å². The van der Waals surface area contributed by atoms with Crippen LogP contribution in [0.2, 0.25) is 0 Å². The maximum absolute atomic E-state index is 12.3. The van der Waals surface area contributed by atoms with Gasteiger partial charge < -0.3 is 10.3 Å². The molecule has 19 heavy (non-hydrogen) atoms. The number of aryl methyl sites for hydroxylation is 2. The highest BCUT2D eigenvalue weighted by molar-refractivity contribution is 6.12. The van der Waals surface area contributed by atoms with E-state index in [0.29, 0.717) is 5.56 Å². The van der Waals surface area contributed by atoms with Crippen molar-refractivity contribution in [1.82, 2.24) is 14.8 Å². The van der Waals surface area contributed by atoms with Crippen molar-refractivity contribution in [3.8, 4) is 0 Å². The minimum atomic E-state index is -0.124. The van der Waals surface area contributed by atoms with Crippen LogP contribution in [0.4, 0.5) is 5.69 Å². The molecule has 2 N–H and O–H groups in total. The second-order valence-electron chi connectivity index (χ2n) is 4.50. The molecule has 0 unspecified atom stereocenters. The first-order chi connectivity index (χ1) is 9.15. The quantitative estimate of drug-likeness (QED) is 0.738. The smallest absolute Gasteiger partial charge is 0.256 e. The van der Waals surface area contributed by atoms with Gasteiger partial charge in [0, 0.05) is 35.9 Å². The number of nitrogens with one attached hydrogen (secondary N) is 2. The lowest BCUT2D eigenvalue weighted by Gasteiger charge is -2.04. The fourth-order valence-electron chi connectivity index (χ4n) is 2.20. The van der Waals surface area contributed by atoms with E-state index in [-0.39, 0.29) is 5.91 Å². The third kappa shape index (κ3) is 1.99. The number of hydrogen-bond donors (Lipinski definition) is 2. The van der Waals surface area contributed by atoms with Crippen molar-refractivity contribution in [1.29, 1.82) is 0 Å². The summed E-state index contributed by atoms with van der Waals surface area (Å²) in [4.78, 5) is 15.4. The minimum Gasteiger partial charge on any atom is -0.361 e. The summed E-state index contributed by atoms with van der Waals surface area (Å²) >= 11 is 0. The third-order valence-corrected chi connectivity index (χ3v) is 3.10. The number of rotatable bonds is 2. The Morgan fingerprint density at radius 1 is 1.37 bits per heavy atom. The number of aromatic amines is 1. The van der Waals surface area contributed by atoms with E-state index in [4.69, 9.17) is 0 Å². The molecule has 0 aliphatic heterocycles. The number of H-pyrrole nitrogens is 1. The second kappa shape index (κ2) is 4.28. The second-order valence-corrected chi connectivity index (χ2v) is 4.50. The molecule has 1 amide bonds. The fraction of sp³-hybridized carbons (Fsp3) is 0.143. The number of carbonyl (C=O) groups excluding carboxylic acids is 1. The summed E-state index contributed by atoms with van der Waals surface area (Å²) in [5.74, 6) is -0.124. The Bertz CT molecular complexity index is 754. The monoisotopic (exact) mass is 254 g/mol. The zero-order valence-corrected chi connectivity index (χ0v) is 10.8. The SMILES string of the molecule is Cc1nn(C)cc1NC(=O)c1cccc2[nH]ccc12. The van der Waals surface area contributed by atoms with Gasteiger partial charge in [0.05, 0.1) is 11.4 Å². The molecule has 3 rings (SSSR count). The molecule has 0 saturated heterocycles. The minimum absolute atomic E-state index is 0.124. The van der Waals surface area contributed by atoms with Crippen molar-refractivity contribution < 1.29 is 4.79 Å². The molecule has 0 bridgehead atoms. The molecule has 2 heterocycles. The lowest BCUT2D eigenvalue weighted by molar-refractivity contribution is 0.102. The van der Waals surface area contributed by atoms with Crippen LogP contribution in [0.5, 0.6) is 0 Å². The Morgan fingerprint density at radius 3 is 2.95 bits per heavy atom. The van der Waals surface area contributed by atoms with Gasteiger partial charge in [-0.2, -0.15) is 5.10 Å². The van der Waals surface area contributed by atoms with Crippen molar-refractivity contribution in [2.45, 2.75) is 6.92 Å². The standard InChI is InChI=1S/C14H14N4O/c1-9-13(8-18(2)17-9)16-14(19)11-4-3-5-12-10(11)6-7-15-12/h3-8,15H,1-2H3,(H,16,19). The van der Waals surface area contributed by atoms with Gasteiger partial charge in [0.1, 0.15) is 0 Å². The molecule has 96 valence electrons. The Hall–Kier alpha value is -2.56. The molecule has 5 nitrogen and oxygen atoms in total. The number of fused-ring (bicyclic) bond motifs is 1. The maximum Gasteiger partial charge on any atom is 0.256 e. The van der Waals surface area contributed by atoms with E-state index in [1.165, 1.54) is 0 Å². The van der Waals surface area contributed by atoms with Gasteiger partial charge >= 0.3 is 0 Å². The normalized spacial score (nSPS) is 10.8. The van der Waals surface area contributed by atoms with Crippen LogP contribution in [0.15, 0.2) is 36.7 Å². The number of carbonyl (C=O) groups is 1. The highest BCUT2D eigenvalue weighted by atomic mass is 16.1. The first kappa shape index (κ1) is 11.5. The summed E-state index contributed by atoms with van der Waals surface area (Å²) in [6.45, 7) is 1.87. The molecular formula is C14H14N4O. The average molecular weight is 254 g/mol. The first-order valence-electron chi connectivity index (χ1n) is 6.03. The van der Waals surface area contributed by atoms with Gasteiger partial charge in [0.2, 0.25) is 0 Å². The van der Waals surface area contributed by atoms with Crippen LogP contribution < -0.4 is 5.32 Å². The van der Waals surface area contributed by atoms with E-state index in [1.54, 1.807) is 10.9 Å². The van der Waals surface area contributed by atoms with Crippen molar-refractivity contribution in [2.75, 3.05) is 5.32 Å². The van der Waals surface area contributed by atoms with E-state index >= 15 is 0 Å². The highest BCUT2D eigenvalue weighted by Gasteiger charge is 2.12. The van der Waals surface area contributed by atoms with Crippen LogP contribution in [0, 0.1) is 6.92 Å². The van der Waals surface area contributed by atoms with Gasteiger partial charge in [-0.1, -0.05) is 6.07 Å². The van der Waals surface area contributed by atoms with E-state index < -0.39 is 0 Å². The summed E-state index contributed by atoms with van der Waals surface area (Å²) < 4.78 is 1.68. The lowest BCUT2D eigenvalue weighted by Crippen LogP contribution is -2.12. The van der Waals surface area contributed by atoms with Gasteiger partial charge in [0.15, 0.2) is 0 Å². The average Bonchev–Trinajstić information content (AvgIpc) is 2.95. The molecule has 5 heteroatoms. The van der Waals surface area contributed by atoms with E-state index in [1.807, 2.05) is 44.4 Å². The molecule has 0 fully saturated rings. The Balaban J connectivity index is 1.96. The zero-order valence-electron chi connectivity index (χ0n) is 10.8. The van der Waals surface area contributed by atoms with Crippen LogP contribution in [-0.4, -0.2) is 20.7 Å². The highest BCUT2D eigenvalue weighted by Crippen LogP contribution is 2.19. The Morgan fingerprint density at radius 2 is 2.21 bits per heavy atom. The number of nitrogens with zero attached hydrogens (tertiary/aromatic N) is 2. The van der Waals surface area contributed by atoms with Gasteiger partial charge in [-0.3, -0.25) is 9.48 Å². The Kier molecular flexibility index (Phi) is 2.59. The predicted octanol–water partition coefficient (Wildman–Crippen LogP) is 2.46. The number of anilines is 1. The van der Waals surface area contributed by atoms with Gasteiger partial charge in [0.25, 0.3) is 5.91 Å². The molecule has 0 radical (unpaired) electrons. The summed E-state index contributed by atoms with van der Waals surface area (Å²) in [6.07, 6.45) is 3.63. The van der Waals surface area contributed by atoms with Crippen molar-refractivity contribution in [3.05, 3.63) is 47.9 Å². The molecular weight excluding hydrogens is 240 g/mol. The van der Waals surface area contributed by atoms with E-state index in [9.17, 15) is 4.79 Å². The topological polar surface area (TPSA) is 62.7 Å². The van der Waals surface area contributed by atoms with Crippen molar-refractivity contribution >= 4 is 22.5 Å². The van der Waals surface area contributed by atoms with Crippen LogP contribution in [-0.2, 0) is 7.05 Å². The fourth-order valence-corrected chi connectivity index (χ4v) is 2.20. The number of hydrogen-bond acceptors (Lipinski definition) is 2. The predicted molar refractivity (Wildman–Crippen MR) is 74.2 cm³/mol. The molecule has 0 saturated carbocycles. The van der Waals surface area contributed by atoms with Crippen molar-refractivity contribution in [3.63, 3.8) is 0 Å². The van der Waals surface area contributed by atoms with Crippen LogP contribution in [0.3, 0.4) is 0 Å². The number of aromatic nitrogens is 3. The summed E-state index contributed by atoms with van der Waals surface area (Å²) in [5, 5.41) is 8.02. The van der Waals surface area contributed by atoms with E-state index in [0.717, 1.165) is 22.3 Å². The molecule has 0 atom stereocenters. The Labute approximate surface area is 110 Å². The van der Waals surface area contributed by atoms with Crippen LogP contribution in [0.1, 0.15) is 16.1 Å². The summed E-state index contributed by atoms with van der Waals surface area (Å²) in [5.41, 5.74) is 3.15. The van der Waals surface area contributed by atoms with Crippen molar-refractivity contribution in [2.24, 2.45) is 7.05 Å². The molecule has 3 aromatic rings. The first-order valence-corrected chi connectivity index (χ1v) is 6.03. The van der Waals surface area contributed by atoms with Gasteiger partial charge in [-0.25, -0.2) is 0 Å². The molecule has 0 aliphatic rings. The molecule has 2 aromatic heterocycles. The number of amides is 1.